The molecule has 0 spiro atoms. The molecular weight excluding hydrogens is 436 g/mol. The van der Waals surface area contributed by atoms with E-state index in [-0.39, 0.29) is 6.09 Å². The molecule has 5 heteroatoms. The van der Waals surface area contributed by atoms with E-state index in [0.717, 1.165) is 38.2 Å². The lowest BCUT2D eigenvalue weighted by Crippen LogP contribution is -2.51. The molecule has 2 fully saturated rings. The summed E-state index contributed by atoms with van der Waals surface area (Å²) in [7, 11) is 0. The number of carbonyl (C=O) groups excluding carboxylic acids is 1. The van der Waals surface area contributed by atoms with Crippen molar-refractivity contribution in [1.82, 2.24) is 9.80 Å². The number of amides is 1. The average molecular weight is 479 g/mol. The van der Waals surface area contributed by atoms with Gasteiger partial charge in [-0.15, -0.1) is 0 Å². The van der Waals surface area contributed by atoms with Gasteiger partial charge in [0, 0.05) is 31.7 Å². The Morgan fingerprint density at radius 2 is 1.49 bits per heavy atom. The molecule has 2 aromatic rings. The first-order valence-electron chi connectivity index (χ1n) is 13.4. The Morgan fingerprint density at radius 1 is 0.857 bits per heavy atom. The molecule has 2 aliphatic rings. The Balaban J connectivity index is 1.36. The zero-order valence-corrected chi connectivity index (χ0v) is 21.7. The van der Waals surface area contributed by atoms with Crippen LogP contribution in [-0.2, 0) is 17.9 Å². The molecule has 0 unspecified atom stereocenters. The molecule has 0 radical (unpaired) electrons. The largest absolute Gasteiger partial charge is 0.489 e. The molecule has 5 nitrogen and oxygen atoms in total. The van der Waals surface area contributed by atoms with E-state index >= 15 is 0 Å². The minimum Gasteiger partial charge on any atom is -0.489 e. The third-order valence-electron chi connectivity index (χ3n) is 7.17. The Morgan fingerprint density at radius 3 is 2.11 bits per heavy atom. The molecule has 2 aromatic carbocycles. The van der Waals surface area contributed by atoms with Gasteiger partial charge in [-0.05, 0) is 69.7 Å². The van der Waals surface area contributed by atoms with Crippen LogP contribution in [0.25, 0.3) is 0 Å². The third-order valence-corrected chi connectivity index (χ3v) is 7.17. The highest BCUT2D eigenvalue weighted by atomic mass is 16.6. The summed E-state index contributed by atoms with van der Waals surface area (Å²) in [6, 6.07) is 20.1. The van der Waals surface area contributed by atoms with Crippen LogP contribution in [0.2, 0.25) is 0 Å². The van der Waals surface area contributed by atoms with Crippen LogP contribution < -0.4 is 4.74 Å². The lowest BCUT2D eigenvalue weighted by Gasteiger charge is -2.44. The third kappa shape index (κ3) is 7.73. The second-order valence-electron chi connectivity index (χ2n) is 11.1. The van der Waals surface area contributed by atoms with Crippen LogP contribution in [0.5, 0.6) is 5.75 Å². The van der Waals surface area contributed by atoms with Gasteiger partial charge in [0.2, 0.25) is 0 Å². The Bertz CT molecular complexity index is 909. The standard InChI is InChI=1S/C30H42N2O3/c1-30(2,3)35-29(33)31-20-18-27(19-21-31)32(26-12-8-5-9-13-26)22-24-14-16-28(17-15-24)34-23-25-10-6-4-7-11-25/h4,6-7,10-11,14-17,26-27H,5,8-9,12-13,18-23H2,1-3H3. The molecule has 1 saturated carbocycles. The van der Waals surface area contributed by atoms with Gasteiger partial charge in [-0.1, -0.05) is 61.7 Å². The fourth-order valence-corrected chi connectivity index (χ4v) is 5.32. The molecule has 4 rings (SSSR count). The maximum Gasteiger partial charge on any atom is 0.410 e. The highest BCUT2D eigenvalue weighted by Gasteiger charge is 2.33. The predicted octanol–water partition coefficient (Wildman–Crippen LogP) is 6.80. The van der Waals surface area contributed by atoms with Gasteiger partial charge >= 0.3 is 6.09 Å². The summed E-state index contributed by atoms with van der Waals surface area (Å²) in [5, 5.41) is 0. The van der Waals surface area contributed by atoms with Crippen LogP contribution in [0, 0.1) is 0 Å². The zero-order chi connectivity index (χ0) is 24.7. The molecule has 0 aromatic heterocycles. The van der Waals surface area contributed by atoms with E-state index in [9.17, 15) is 4.79 Å². The number of ether oxygens (including phenoxy) is 2. The minimum absolute atomic E-state index is 0.175. The molecule has 1 aliphatic carbocycles. The fourth-order valence-electron chi connectivity index (χ4n) is 5.32. The lowest BCUT2D eigenvalue weighted by atomic mass is 9.90. The van der Waals surface area contributed by atoms with Crippen molar-refractivity contribution < 1.29 is 14.3 Å². The van der Waals surface area contributed by atoms with E-state index < -0.39 is 5.60 Å². The van der Waals surface area contributed by atoms with Crippen LogP contribution >= 0.6 is 0 Å². The van der Waals surface area contributed by atoms with Gasteiger partial charge in [0.15, 0.2) is 0 Å². The van der Waals surface area contributed by atoms with Gasteiger partial charge in [0.25, 0.3) is 0 Å². The first-order chi connectivity index (χ1) is 16.9. The maximum absolute atomic E-state index is 12.5. The van der Waals surface area contributed by atoms with Crippen molar-refractivity contribution in [3.63, 3.8) is 0 Å². The number of nitrogens with zero attached hydrogens (tertiary/aromatic N) is 2. The first kappa shape index (κ1) is 25.6. The van der Waals surface area contributed by atoms with E-state index in [1.165, 1.54) is 43.2 Å². The quantitative estimate of drug-likeness (QED) is 0.439. The average Bonchev–Trinajstić information content (AvgIpc) is 2.87. The van der Waals surface area contributed by atoms with Gasteiger partial charge in [0.05, 0.1) is 0 Å². The van der Waals surface area contributed by atoms with Crippen molar-refractivity contribution in [3.8, 4) is 5.75 Å². The Labute approximate surface area is 211 Å². The van der Waals surface area contributed by atoms with Crippen molar-refractivity contribution in [3.05, 3.63) is 65.7 Å². The Kier molecular flexibility index (Phi) is 8.72. The van der Waals surface area contributed by atoms with Gasteiger partial charge in [-0.25, -0.2) is 4.79 Å². The number of benzene rings is 2. The maximum atomic E-state index is 12.5. The van der Waals surface area contributed by atoms with Crippen LogP contribution in [0.3, 0.4) is 0 Å². The van der Waals surface area contributed by atoms with Crippen LogP contribution in [0.1, 0.15) is 76.8 Å². The van der Waals surface area contributed by atoms with Gasteiger partial charge in [-0.3, -0.25) is 4.90 Å². The van der Waals surface area contributed by atoms with E-state index in [0.29, 0.717) is 18.7 Å². The van der Waals surface area contributed by atoms with Crippen molar-refractivity contribution in [2.45, 2.75) is 96.6 Å². The second-order valence-corrected chi connectivity index (χ2v) is 11.1. The number of hydrogen-bond acceptors (Lipinski definition) is 4. The van der Waals surface area contributed by atoms with Crippen LogP contribution in [0.4, 0.5) is 4.79 Å². The van der Waals surface area contributed by atoms with Crippen LogP contribution in [-0.4, -0.2) is 46.7 Å². The highest BCUT2D eigenvalue weighted by molar-refractivity contribution is 5.68. The number of rotatable bonds is 7. The molecule has 0 bridgehead atoms. The molecule has 1 heterocycles. The molecule has 1 aliphatic heterocycles. The Hall–Kier alpha value is -2.53. The highest BCUT2D eigenvalue weighted by Crippen LogP contribution is 2.30. The minimum atomic E-state index is -0.445. The molecule has 1 amide bonds. The normalized spacial score (nSPS) is 18.0. The topological polar surface area (TPSA) is 42.0 Å². The van der Waals surface area contributed by atoms with Crippen molar-refractivity contribution in [1.29, 1.82) is 0 Å². The van der Waals surface area contributed by atoms with Crippen molar-refractivity contribution in [2.75, 3.05) is 13.1 Å². The monoisotopic (exact) mass is 478 g/mol. The second kappa shape index (κ2) is 11.9. The summed E-state index contributed by atoms with van der Waals surface area (Å²) in [6.45, 7) is 8.89. The number of hydrogen-bond donors (Lipinski definition) is 0. The summed E-state index contributed by atoms with van der Waals surface area (Å²) in [5.74, 6) is 0.910. The van der Waals surface area contributed by atoms with Gasteiger partial charge in [0.1, 0.15) is 18.0 Å². The summed E-state index contributed by atoms with van der Waals surface area (Å²) in [6.07, 6.45) is 8.41. The fraction of sp³-hybridized carbons (Fsp3) is 0.567. The smallest absolute Gasteiger partial charge is 0.410 e. The van der Waals surface area contributed by atoms with Gasteiger partial charge < -0.3 is 14.4 Å². The molecule has 0 N–H and O–H groups in total. The summed E-state index contributed by atoms with van der Waals surface area (Å²) in [4.78, 5) is 17.2. The zero-order valence-electron chi connectivity index (χ0n) is 21.7. The predicted molar refractivity (Wildman–Crippen MR) is 140 cm³/mol. The summed E-state index contributed by atoms with van der Waals surface area (Å²) < 4.78 is 11.6. The summed E-state index contributed by atoms with van der Waals surface area (Å²) >= 11 is 0. The van der Waals surface area contributed by atoms with Crippen LogP contribution in [0.15, 0.2) is 54.6 Å². The number of carbonyl (C=O) groups is 1. The van der Waals surface area contributed by atoms with E-state index in [2.05, 4.69) is 41.3 Å². The first-order valence-corrected chi connectivity index (χ1v) is 13.4. The molecular formula is C30H42N2O3. The SMILES string of the molecule is CC(C)(C)OC(=O)N1CCC(N(Cc2ccc(OCc3ccccc3)cc2)C2CCCCC2)CC1. The number of piperidine rings is 1. The number of likely N-dealkylation sites (tertiary alicyclic amines) is 1. The van der Waals surface area contributed by atoms with Crippen molar-refractivity contribution in [2.24, 2.45) is 0 Å². The molecule has 1 saturated heterocycles. The lowest BCUT2D eigenvalue weighted by molar-refractivity contribution is 0.00713. The summed E-state index contributed by atoms with van der Waals surface area (Å²) in [5.41, 5.74) is 2.06. The van der Waals surface area contributed by atoms with E-state index in [4.69, 9.17) is 9.47 Å². The van der Waals surface area contributed by atoms with E-state index in [1.54, 1.807) is 0 Å². The van der Waals surface area contributed by atoms with Gasteiger partial charge in [-0.2, -0.15) is 0 Å². The molecule has 35 heavy (non-hydrogen) atoms. The molecule has 190 valence electrons. The molecule has 0 atom stereocenters. The van der Waals surface area contributed by atoms with E-state index in [1.807, 2.05) is 43.9 Å². The van der Waals surface area contributed by atoms with Crippen molar-refractivity contribution >= 4 is 6.09 Å².